The van der Waals surface area contributed by atoms with Crippen LogP contribution in [-0.4, -0.2) is 53.5 Å². The molecule has 1 aliphatic carbocycles. The van der Waals surface area contributed by atoms with Crippen molar-refractivity contribution in [1.82, 2.24) is 4.98 Å². The van der Waals surface area contributed by atoms with Crippen molar-refractivity contribution >= 4 is 18.4 Å². The predicted molar refractivity (Wildman–Crippen MR) is 110 cm³/mol. The largest absolute Gasteiger partial charge is 0.477 e. The van der Waals surface area contributed by atoms with Gasteiger partial charge in [0.1, 0.15) is 19.3 Å². The van der Waals surface area contributed by atoms with E-state index in [0.717, 1.165) is 30.1 Å². The van der Waals surface area contributed by atoms with Crippen molar-refractivity contribution in [1.29, 1.82) is 0 Å². The summed E-state index contributed by atoms with van der Waals surface area (Å²) < 4.78 is 2.09. The second kappa shape index (κ2) is 6.93. The predicted octanol–water partition coefficient (Wildman–Crippen LogP) is 2.47. The molecular formula is C22H26N3O3+. The normalized spacial score (nSPS) is 23.2. The highest BCUT2D eigenvalue weighted by atomic mass is 16.4. The first-order valence-corrected chi connectivity index (χ1v) is 9.77. The molecule has 146 valence electrons. The van der Waals surface area contributed by atoms with Gasteiger partial charge in [0.2, 0.25) is 0 Å². The van der Waals surface area contributed by atoms with E-state index in [1.807, 2.05) is 19.1 Å². The minimum Gasteiger partial charge on any atom is -0.477 e. The Labute approximate surface area is 164 Å². The number of aryl methyl sites for hydroxylation is 1. The second-order valence-electron chi connectivity index (χ2n) is 8.01. The number of benzene rings is 1. The Hall–Kier alpha value is -2.89. The third-order valence-corrected chi connectivity index (χ3v) is 6.35. The van der Waals surface area contributed by atoms with Crippen molar-refractivity contribution in [2.75, 3.05) is 25.0 Å². The molecule has 1 saturated heterocycles. The number of anilines is 1. The molecule has 0 amide bonds. The highest BCUT2D eigenvalue weighted by Crippen LogP contribution is 2.43. The Morgan fingerprint density at radius 3 is 2.64 bits per heavy atom. The van der Waals surface area contributed by atoms with E-state index in [0.29, 0.717) is 24.1 Å². The number of carboxylic acids is 1. The van der Waals surface area contributed by atoms with Gasteiger partial charge in [-0.3, -0.25) is 4.79 Å². The van der Waals surface area contributed by atoms with E-state index in [4.69, 9.17) is 0 Å². The number of H-pyrrole nitrogens is 1. The summed E-state index contributed by atoms with van der Waals surface area (Å²) in [5.41, 5.74) is 2.82. The minimum atomic E-state index is -1.20. The van der Waals surface area contributed by atoms with Gasteiger partial charge >= 0.3 is 5.97 Å². The van der Waals surface area contributed by atoms with Crippen LogP contribution in [0.1, 0.15) is 29.3 Å². The topological polar surface area (TPSA) is 76.4 Å². The van der Waals surface area contributed by atoms with Crippen LogP contribution in [0.15, 0.2) is 35.1 Å². The summed E-state index contributed by atoms with van der Waals surface area (Å²) in [6.45, 7) is 8.14. The number of hydrogen-bond donors (Lipinski definition) is 2. The van der Waals surface area contributed by atoms with Crippen LogP contribution in [0, 0.1) is 11.8 Å². The third-order valence-electron chi connectivity index (χ3n) is 6.35. The number of rotatable bonds is 5. The van der Waals surface area contributed by atoms with Crippen LogP contribution >= 0.6 is 0 Å². The van der Waals surface area contributed by atoms with Gasteiger partial charge in [-0.25, -0.2) is 9.37 Å². The molecule has 3 unspecified atom stereocenters. The number of nitrogens with one attached hydrogen (secondary N) is 1. The van der Waals surface area contributed by atoms with E-state index >= 15 is 0 Å². The standard InChI is InChI=1S/C22H25N3O3/c1-4-13-9-17(22(27)28)21(26)23-20(13)14-5-7-16(8-6-14)25-11-15-10-19(24(2)3)18(15)12-25/h5-9,15,18-19H,2,4,10-12H2,1,3H3,(H-,23,26,27,28)/p+1. The molecule has 1 saturated carbocycles. The smallest absolute Gasteiger partial charge is 0.341 e. The van der Waals surface area contributed by atoms with Crippen molar-refractivity contribution in [2.45, 2.75) is 25.8 Å². The van der Waals surface area contributed by atoms with Gasteiger partial charge in [-0.05, 0) is 41.7 Å². The van der Waals surface area contributed by atoms with E-state index in [9.17, 15) is 14.7 Å². The number of aromatic carboxylic acids is 1. The summed E-state index contributed by atoms with van der Waals surface area (Å²) in [6, 6.07) is 10.3. The average Bonchev–Trinajstić information content (AvgIpc) is 2.97. The molecule has 2 fully saturated rings. The molecule has 4 rings (SSSR count). The first-order valence-electron chi connectivity index (χ1n) is 9.77. The van der Waals surface area contributed by atoms with Gasteiger partial charge in [0, 0.05) is 31.1 Å². The number of pyridine rings is 1. The van der Waals surface area contributed by atoms with Crippen LogP contribution < -0.4 is 10.5 Å². The van der Waals surface area contributed by atoms with Gasteiger partial charge in [0.25, 0.3) is 5.56 Å². The molecule has 3 atom stereocenters. The lowest BCUT2D eigenvalue weighted by Crippen LogP contribution is -2.46. The van der Waals surface area contributed by atoms with Crippen molar-refractivity contribution < 1.29 is 14.5 Å². The number of fused-ring (bicyclic) bond motifs is 1. The monoisotopic (exact) mass is 380 g/mol. The molecule has 2 aromatic rings. The lowest BCUT2D eigenvalue weighted by molar-refractivity contribution is -0.557. The SMILES string of the molecule is C=[N+](C)C1CC2CN(c3ccc(-c4[nH]c(=O)c(C(=O)O)cc4CC)cc3)CC21. The number of hydrogen-bond acceptors (Lipinski definition) is 3. The molecule has 2 N–H and O–H groups in total. The first kappa shape index (κ1) is 18.5. The molecule has 0 bridgehead atoms. The second-order valence-corrected chi connectivity index (χ2v) is 8.01. The van der Waals surface area contributed by atoms with Crippen molar-refractivity contribution in [2.24, 2.45) is 11.8 Å². The Bertz CT molecular complexity index is 993. The van der Waals surface area contributed by atoms with Crippen LogP contribution in [0.2, 0.25) is 0 Å². The molecule has 0 radical (unpaired) electrons. The molecule has 1 aromatic heterocycles. The summed E-state index contributed by atoms with van der Waals surface area (Å²) in [4.78, 5) is 28.5. The maximum Gasteiger partial charge on any atom is 0.341 e. The lowest BCUT2D eigenvalue weighted by Gasteiger charge is -2.34. The Balaban J connectivity index is 1.58. The van der Waals surface area contributed by atoms with Gasteiger partial charge in [-0.15, -0.1) is 0 Å². The molecule has 1 aliphatic heterocycles. The summed E-state index contributed by atoms with van der Waals surface area (Å²) in [7, 11) is 2.06. The molecule has 2 heterocycles. The Morgan fingerprint density at radius 2 is 2.04 bits per heavy atom. The number of nitrogens with zero attached hydrogens (tertiary/aromatic N) is 2. The highest BCUT2D eigenvalue weighted by molar-refractivity contribution is 5.88. The van der Waals surface area contributed by atoms with Gasteiger partial charge in [-0.2, -0.15) is 0 Å². The van der Waals surface area contributed by atoms with Gasteiger partial charge in [-0.1, -0.05) is 19.1 Å². The minimum absolute atomic E-state index is 0.213. The molecule has 6 heteroatoms. The fraction of sp³-hybridized carbons (Fsp3) is 0.409. The van der Waals surface area contributed by atoms with E-state index < -0.39 is 11.5 Å². The maximum absolute atomic E-state index is 12.1. The van der Waals surface area contributed by atoms with Crippen LogP contribution in [0.3, 0.4) is 0 Å². The fourth-order valence-electron chi connectivity index (χ4n) is 4.70. The van der Waals surface area contributed by atoms with Gasteiger partial charge in [0.15, 0.2) is 6.04 Å². The zero-order valence-electron chi connectivity index (χ0n) is 16.3. The third kappa shape index (κ3) is 3.03. The summed E-state index contributed by atoms with van der Waals surface area (Å²) in [5, 5.41) is 9.17. The van der Waals surface area contributed by atoms with Crippen LogP contribution in [0.4, 0.5) is 5.69 Å². The fourth-order valence-corrected chi connectivity index (χ4v) is 4.70. The maximum atomic E-state index is 12.1. The molecule has 28 heavy (non-hydrogen) atoms. The summed E-state index contributed by atoms with van der Waals surface area (Å²) in [5.74, 6) is 0.238. The number of aromatic nitrogens is 1. The van der Waals surface area contributed by atoms with Crippen LogP contribution in [0.5, 0.6) is 0 Å². The first-order chi connectivity index (χ1) is 13.4. The van der Waals surface area contributed by atoms with Crippen molar-refractivity contribution in [3.8, 4) is 11.3 Å². The van der Waals surface area contributed by atoms with Crippen LogP contribution in [-0.2, 0) is 6.42 Å². The highest BCUT2D eigenvalue weighted by Gasteiger charge is 2.51. The molecule has 0 spiro atoms. The zero-order chi connectivity index (χ0) is 20.0. The molecule has 6 nitrogen and oxygen atoms in total. The number of aromatic amines is 1. The van der Waals surface area contributed by atoms with Crippen molar-refractivity contribution in [3.05, 3.63) is 51.8 Å². The van der Waals surface area contributed by atoms with Crippen molar-refractivity contribution in [3.63, 3.8) is 0 Å². The summed E-state index contributed by atoms with van der Waals surface area (Å²) in [6.07, 6.45) is 1.86. The number of carboxylic acid groups (broad SMARTS) is 1. The van der Waals surface area contributed by atoms with Gasteiger partial charge in [0.05, 0.1) is 5.69 Å². The van der Waals surface area contributed by atoms with Gasteiger partial charge < -0.3 is 15.0 Å². The Morgan fingerprint density at radius 1 is 1.32 bits per heavy atom. The number of carbonyl (C=O) groups is 1. The zero-order valence-corrected chi connectivity index (χ0v) is 16.3. The average molecular weight is 380 g/mol. The van der Waals surface area contributed by atoms with Crippen LogP contribution in [0.25, 0.3) is 11.3 Å². The lowest BCUT2D eigenvalue weighted by atomic mass is 9.71. The Kier molecular flexibility index (Phi) is 4.57. The molecule has 1 aromatic carbocycles. The van der Waals surface area contributed by atoms with E-state index in [-0.39, 0.29) is 5.56 Å². The van der Waals surface area contributed by atoms with E-state index in [2.05, 4.69) is 40.4 Å². The van der Waals surface area contributed by atoms with E-state index in [1.165, 1.54) is 18.2 Å². The quantitative estimate of drug-likeness (QED) is 0.617. The van der Waals surface area contributed by atoms with E-state index in [1.54, 1.807) is 0 Å². The molecule has 2 aliphatic rings. The molecular weight excluding hydrogens is 354 g/mol. The summed E-state index contributed by atoms with van der Waals surface area (Å²) >= 11 is 0.